The molecule has 0 spiro atoms. The number of rotatable bonds is 6. The van der Waals surface area contributed by atoms with E-state index in [4.69, 9.17) is 4.74 Å². The van der Waals surface area contributed by atoms with E-state index in [-0.39, 0.29) is 19.7 Å². The minimum atomic E-state index is -4.26. The van der Waals surface area contributed by atoms with Crippen LogP contribution in [0.4, 0.5) is 13.2 Å². The summed E-state index contributed by atoms with van der Waals surface area (Å²) in [5.74, 6) is 0.386. The van der Waals surface area contributed by atoms with Gasteiger partial charge in [-0.15, -0.1) is 0 Å². The van der Waals surface area contributed by atoms with E-state index in [2.05, 4.69) is 9.97 Å². The number of benzene rings is 1. The molecule has 120 valence electrons. The van der Waals surface area contributed by atoms with Crippen molar-refractivity contribution in [2.24, 2.45) is 0 Å². The van der Waals surface area contributed by atoms with E-state index in [0.29, 0.717) is 5.82 Å². The van der Waals surface area contributed by atoms with Gasteiger partial charge in [-0.3, -0.25) is 4.90 Å². The summed E-state index contributed by atoms with van der Waals surface area (Å²) in [5, 5.41) is 0.908. The first-order chi connectivity index (χ1) is 10.4. The van der Waals surface area contributed by atoms with Gasteiger partial charge in [0, 0.05) is 24.7 Å². The van der Waals surface area contributed by atoms with Crippen molar-refractivity contribution in [2.75, 3.05) is 26.8 Å². The van der Waals surface area contributed by atoms with Gasteiger partial charge in [-0.1, -0.05) is 18.2 Å². The molecule has 0 N–H and O–H groups in total. The molecule has 1 aromatic heterocycles. The van der Waals surface area contributed by atoms with Crippen molar-refractivity contribution < 1.29 is 17.9 Å². The molecule has 1 heterocycles. The molecule has 0 bridgehead atoms. The molecule has 2 aromatic rings. The zero-order valence-electron chi connectivity index (χ0n) is 12.5. The average molecular weight is 313 g/mol. The highest BCUT2D eigenvalue weighted by molar-refractivity contribution is 5.80. The van der Waals surface area contributed by atoms with Crippen molar-refractivity contribution >= 4 is 10.9 Å². The average Bonchev–Trinajstić information content (AvgIpc) is 2.43. The Bertz CT molecular complexity index is 631. The molecular weight excluding hydrogens is 295 g/mol. The van der Waals surface area contributed by atoms with Gasteiger partial charge in [0.2, 0.25) is 0 Å². The Morgan fingerprint density at radius 2 is 1.91 bits per heavy atom. The van der Waals surface area contributed by atoms with Crippen LogP contribution in [-0.4, -0.2) is 47.9 Å². The lowest BCUT2D eigenvalue weighted by Gasteiger charge is -2.22. The predicted octanol–water partition coefficient (Wildman–Crippen LogP) is 2.95. The molecule has 4 nitrogen and oxygen atoms in total. The van der Waals surface area contributed by atoms with Crippen LogP contribution in [0.15, 0.2) is 24.3 Å². The molecule has 7 heteroatoms. The number of hydrogen-bond donors (Lipinski definition) is 0. The first-order valence-electron chi connectivity index (χ1n) is 6.89. The van der Waals surface area contributed by atoms with Gasteiger partial charge in [0.1, 0.15) is 5.82 Å². The number of aromatic nitrogens is 2. The second-order valence-electron chi connectivity index (χ2n) is 5.06. The number of halogens is 3. The highest BCUT2D eigenvalue weighted by atomic mass is 19.4. The first kappa shape index (κ1) is 16.6. The SMILES string of the molecule is COCCN(Cc1nc(C)c2ccccc2n1)CC(F)(F)F. The zero-order valence-corrected chi connectivity index (χ0v) is 12.5. The number of alkyl halides is 3. The van der Waals surface area contributed by atoms with Crippen LogP contribution in [-0.2, 0) is 11.3 Å². The van der Waals surface area contributed by atoms with E-state index in [1.807, 2.05) is 31.2 Å². The van der Waals surface area contributed by atoms with E-state index < -0.39 is 12.7 Å². The molecule has 0 aliphatic rings. The molecule has 0 radical (unpaired) electrons. The third kappa shape index (κ3) is 4.64. The van der Waals surface area contributed by atoms with Gasteiger partial charge in [0.25, 0.3) is 0 Å². The van der Waals surface area contributed by atoms with Crippen molar-refractivity contribution in [1.29, 1.82) is 0 Å². The van der Waals surface area contributed by atoms with E-state index in [0.717, 1.165) is 16.6 Å². The molecule has 0 fully saturated rings. The highest BCUT2D eigenvalue weighted by Crippen LogP contribution is 2.19. The molecule has 1 aromatic carbocycles. The minimum absolute atomic E-state index is 0.0363. The van der Waals surface area contributed by atoms with Crippen LogP contribution in [0.5, 0.6) is 0 Å². The number of hydrogen-bond acceptors (Lipinski definition) is 4. The monoisotopic (exact) mass is 313 g/mol. The maximum absolute atomic E-state index is 12.6. The Hall–Kier alpha value is -1.73. The number of ether oxygens (including phenoxy) is 1. The van der Waals surface area contributed by atoms with Gasteiger partial charge >= 0.3 is 6.18 Å². The van der Waals surface area contributed by atoms with Gasteiger partial charge in [-0.25, -0.2) is 9.97 Å². The summed E-state index contributed by atoms with van der Waals surface area (Å²) in [7, 11) is 1.46. The molecule has 0 unspecified atom stereocenters. The number of fused-ring (bicyclic) bond motifs is 1. The number of aryl methyl sites for hydroxylation is 1. The Morgan fingerprint density at radius 1 is 1.18 bits per heavy atom. The van der Waals surface area contributed by atoms with Crippen LogP contribution >= 0.6 is 0 Å². The first-order valence-corrected chi connectivity index (χ1v) is 6.89. The normalized spacial score (nSPS) is 12.3. The van der Waals surface area contributed by atoms with Crippen molar-refractivity contribution in [3.05, 3.63) is 35.8 Å². The predicted molar refractivity (Wildman–Crippen MR) is 77.5 cm³/mol. The van der Waals surface area contributed by atoms with Crippen molar-refractivity contribution in [3.8, 4) is 0 Å². The Labute approximate surface area is 126 Å². The Morgan fingerprint density at radius 3 is 2.59 bits per heavy atom. The minimum Gasteiger partial charge on any atom is -0.383 e. The largest absolute Gasteiger partial charge is 0.401 e. The summed E-state index contributed by atoms with van der Waals surface area (Å²) in [6.07, 6.45) is -4.26. The fourth-order valence-corrected chi connectivity index (χ4v) is 2.25. The standard InChI is InChI=1S/C15H18F3N3O/c1-11-12-5-3-4-6-13(12)20-14(19-11)9-21(7-8-22-2)10-15(16,17)18/h3-6H,7-10H2,1-2H3. The van der Waals surface area contributed by atoms with Crippen molar-refractivity contribution in [1.82, 2.24) is 14.9 Å². The third-order valence-corrected chi connectivity index (χ3v) is 3.22. The van der Waals surface area contributed by atoms with E-state index in [9.17, 15) is 13.2 Å². The van der Waals surface area contributed by atoms with Crippen LogP contribution in [0, 0.1) is 6.92 Å². The maximum Gasteiger partial charge on any atom is 0.401 e. The molecule has 0 aliphatic heterocycles. The van der Waals surface area contributed by atoms with Gasteiger partial charge < -0.3 is 4.74 Å². The second kappa shape index (κ2) is 7.02. The lowest BCUT2D eigenvalue weighted by Crippen LogP contribution is -2.36. The summed E-state index contributed by atoms with van der Waals surface area (Å²) in [5.41, 5.74) is 1.50. The van der Waals surface area contributed by atoms with Gasteiger partial charge in [0.05, 0.1) is 25.2 Å². The molecule has 22 heavy (non-hydrogen) atoms. The molecular formula is C15H18F3N3O. The van der Waals surface area contributed by atoms with Gasteiger partial charge in [-0.05, 0) is 13.0 Å². The van der Waals surface area contributed by atoms with Crippen LogP contribution in [0.25, 0.3) is 10.9 Å². The van der Waals surface area contributed by atoms with E-state index >= 15 is 0 Å². The Balaban J connectivity index is 2.21. The van der Waals surface area contributed by atoms with Crippen molar-refractivity contribution in [3.63, 3.8) is 0 Å². The maximum atomic E-state index is 12.6. The fraction of sp³-hybridized carbons (Fsp3) is 0.467. The van der Waals surface area contributed by atoms with E-state index in [1.165, 1.54) is 12.0 Å². The second-order valence-corrected chi connectivity index (χ2v) is 5.06. The summed E-state index contributed by atoms with van der Waals surface area (Å²) in [6, 6.07) is 7.45. The summed E-state index contributed by atoms with van der Waals surface area (Å²) in [4.78, 5) is 9.91. The van der Waals surface area contributed by atoms with Gasteiger partial charge in [0.15, 0.2) is 0 Å². The van der Waals surface area contributed by atoms with E-state index in [1.54, 1.807) is 0 Å². The number of para-hydroxylation sites is 1. The molecule has 0 saturated carbocycles. The third-order valence-electron chi connectivity index (χ3n) is 3.22. The lowest BCUT2D eigenvalue weighted by molar-refractivity contribution is -0.148. The summed E-state index contributed by atoms with van der Waals surface area (Å²) >= 11 is 0. The van der Waals surface area contributed by atoms with Crippen LogP contribution in [0.1, 0.15) is 11.5 Å². The quantitative estimate of drug-likeness (QED) is 0.822. The molecule has 0 saturated heterocycles. The van der Waals surface area contributed by atoms with Crippen LogP contribution in [0.2, 0.25) is 0 Å². The van der Waals surface area contributed by atoms with Crippen molar-refractivity contribution in [2.45, 2.75) is 19.6 Å². The zero-order chi connectivity index (χ0) is 16.2. The van der Waals surface area contributed by atoms with Crippen LogP contribution in [0.3, 0.4) is 0 Å². The number of nitrogens with zero attached hydrogens (tertiary/aromatic N) is 3. The van der Waals surface area contributed by atoms with Gasteiger partial charge in [-0.2, -0.15) is 13.2 Å². The molecule has 0 atom stereocenters. The molecule has 2 rings (SSSR count). The summed E-state index contributed by atoms with van der Waals surface area (Å²) in [6.45, 7) is 1.25. The topological polar surface area (TPSA) is 38.2 Å². The highest BCUT2D eigenvalue weighted by Gasteiger charge is 2.31. The molecule has 0 aliphatic carbocycles. The molecule has 0 amide bonds. The smallest absolute Gasteiger partial charge is 0.383 e. The summed E-state index contributed by atoms with van der Waals surface area (Å²) < 4.78 is 42.8. The lowest BCUT2D eigenvalue weighted by atomic mass is 10.2. The Kier molecular flexibility index (Phi) is 5.31. The van der Waals surface area contributed by atoms with Crippen LogP contribution < -0.4 is 0 Å². The fourth-order valence-electron chi connectivity index (χ4n) is 2.25. The number of methoxy groups -OCH3 is 1.